The van der Waals surface area contributed by atoms with Crippen molar-refractivity contribution in [3.63, 3.8) is 0 Å². The first kappa shape index (κ1) is 14.8. The third-order valence-electron chi connectivity index (χ3n) is 4.64. The van der Waals surface area contributed by atoms with Gasteiger partial charge in [-0.1, -0.05) is 25.1 Å². The second-order valence-electron chi connectivity index (χ2n) is 6.26. The lowest BCUT2D eigenvalue weighted by Gasteiger charge is -2.37. The van der Waals surface area contributed by atoms with E-state index in [-0.39, 0.29) is 6.10 Å². The number of anilines is 1. The van der Waals surface area contributed by atoms with Crippen LogP contribution in [-0.2, 0) is 4.74 Å². The van der Waals surface area contributed by atoms with Gasteiger partial charge in [-0.2, -0.15) is 0 Å². The highest BCUT2D eigenvalue weighted by atomic mass is 16.5. The van der Waals surface area contributed by atoms with E-state index < -0.39 is 0 Å². The van der Waals surface area contributed by atoms with Crippen molar-refractivity contribution in [2.45, 2.75) is 25.4 Å². The number of β-amino-alcohol motifs (C(OH)–C–C–N with tert-alkyl or cyclic N) is 1. The summed E-state index contributed by atoms with van der Waals surface area (Å²) in [6.07, 6.45) is 0.867. The minimum atomic E-state index is -0.301. The third-order valence-corrected chi connectivity index (χ3v) is 4.64. The Balaban J connectivity index is 1.61. The van der Waals surface area contributed by atoms with Crippen molar-refractivity contribution in [3.05, 3.63) is 29.8 Å². The Morgan fingerprint density at radius 2 is 1.95 bits per heavy atom. The van der Waals surface area contributed by atoms with Crippen molar-refractivity contribution >= 4 is 5.69 Å². The lowest BCUT2D eigenvalue weighted by molar-refractivity contribution is 0.0160. The molecule has 2 aliphatic heterocycles. The number of ether oxygens (including phenoxy) is 1. The molecule has 21 heavy (non-hydrogen) atoms. The number of aliphatic hydroxyl groups excluding tert-OH is 1. The minimum Gasteiger partial charge on any atom is -0.390 e. The molecule has 2 heterocycles. The number of para-hydroxylation sites is 1. The van der Waals surface area contributed by atoms with Crippen LogP contribution in [0.4, 0.5) is 5.69 Å². The Labute approximate surface area is 127 Å². The van der Waals surface area contributed by atoms with E-state index in [1.807, 2.05) is 0 Å². The van der Waals surface area contributed by atoms with Crippen LogP contribution in [0.2, 0.25) is 0 Å². The molecule has 2 atom stereocenters. The predicted octanol–water partition coefficient (Wildman–Crippen LogP) is 1.69. The van der Waals surface area contributed by atoms with Crippen LogP contribution in [-0.4, -0.2) is 62.0 Å². The summed E-state index contributed by atoms with van der Waals surface area (Å²) < 4.78 is 5.36. The van der Waals surface area contributed by atoms with E-state index in [1.165, 1.54) is 17.7 Å². The van der Waals surface area contributed by atoms with Gasteiger partial charge in [-0.15, -0.1) is 0 Å². The zero-order chi connectivity index (χ0) is 14.7. The van der Waals surface area contributed by atoms with Gasteiger partial charge in [0.15, 0.2) is 0 Å². The lowest BCUT2D eigenvalue weighted by Crippen LogP contribution is -2.45. The summed E-state index contributed by atoms with van der Waals surface area (Å²) in [6.45, 7) is 8.25. The van der Waals surface area contributed by atoms with Gasteiger partial charge in [0.2, 0.25) is 0 Å². The largest absolute Gasteiger partial charge is 0.390 e. The number of aliphatic hydroxyl groups is 1. The minimum absolute atomic E-state index is 0.301. The van der Waals surface area contributed by atoms with E-state index in [0.29, 0.717) is 5.92 Å². The molecule has 2 aliphatic rings. The lowest BCUT2D eigenvalue weighted by atomic mass is 9.91. The molecule has 0 spiro atoms. The molecule has 0 aliphatic carbocycles. The first-order valence-corrected chi connectivity index (χ1v) is 8.06. The van der Waals surface area contributed by atoms with Crippen LogP contribution >= 0.6 is 0 Å². The summed E-state index contributed by atoms with van der Waals surface area (Å²) in [4.78, 5) is 4.65. The molecule has 1 fully saturated rings. The number of nitrogens with zero attached hydrogens (tertiary/aromatic N) is 2. The van der Waals surface area contributed by atoms with Gasteiger partial charge in [0.25, 0.3) is 0 Å². The highest BCUT2D eigenvalue weighted by molar-refractivity contribution is 5.57. The van der Waals surface area contributed by atoms with Crippen molar-refractivity contribution in [1.29, 1.82) is 0 Å². The predicted molar refractivity (Wildman–Crippen MR) is 85.0 cm³/mol. The molecule has 4 nitrogen and oxygen atoms in total. The van der Waals surface area contributed by atoms with E-state index in [1.54, 1.807) is 0 Å². The average Bonchev–Trinajstić information content (AvgIpc) is 2.51. The van der Waals surface area contributed by atoms with Crippen LogP contribution in [0.3, 0.4) is 0 Å². The fourth-order valence-electron chi connectivity index (χ4n) is 3.40. The topological polar surface area (TPSA) is 35.9 Å². The Kier molecular flexibility index (Phi) is 4.78. The number of benzene rings is 1. The second-order valence-corrected chi connectivity index (χ2v) is 6.26. The maximum absolute atomic E-state index is 10.4. The number of morpholine rings is 1. The third kappa shape index (κ3) is 3.57. The number of hydrogen-bond acceptors (Lipinski definition) is 4. The molecule has 0 aromatic heterocycles. The maximum atomic E-state index is 10.4. The van der Waals surface area contributed by atoms with E-state index in [4.69, 9.17) is 4.74 Å². The molecule has 1 saturated heterocycles. The molecule has 1 N–H and O–H groups in total. The van der Waals surface area contributed by atoms with Crippen LogP contribution < -0.4 is 4.90 Å². The number of rotatable bonds is 4. The number of hydrogen-bond donors (Lipinski definition) is 1. The molecule has 0 amide bonds. The van der Waals surface area contributed by atoms with E-state index in [2.05, 4.69) is 41.0 Å². The van der Waals surface area contributed by atoms with Gasteiger partial charge in [-0.3, -0.25) is 4.90 Å². The van der Waals surface area contributed by atoms with E-state index >= 15 is 0 Å². The Morgan fingerprint density at radius 3 is 2.76 bits per heavy atom. The molecule has 0 bridgehead atoms. The summed E-state index contributed by atoms with van der Waals surface area (Å²) in [5.74, 6) is 0.619. The monoisotopic (exact) mass is 290 g/mol. The summed E-state index contributed by atoms with van der Waals surface area (Å²) in [7, 11) is 0. The molecular weight excluding hydrogens is 264 g/mol. The Morgan fingerprint density at radius 1 is 1.19 bits per heavy atom. The molecular formula is C17H26N2O2. The van der Waals surface area contributed by atoms with Crippen molar-refractivity contribution in [2.75, 3.05) is 50.8 Å². The van der Waals surface area contributed by atoms with Crippen molar-refractivity contribution in [3.8, 4) is 0 Å². The van der Waals surface area contributed by atoms with Crippen LogP contribution in [0.5, 0.6) is 0 Å². The van der Waals surface area contributed by atoms with Gasteiger partial charge < -0.3 is 14.7 Å². The fourth-order valence-corrected chi connectivity index (χ4v) is 3.40. The second kappa shape index (κ2) is 6.77. The van der Waals surface area contributed by atoms with E-state index in [0.717, 1.165) is 45.9 Å². The molecule has 1 aromatic carbocycles. The van der Waals surface area contributed by atoms with Gasteiger partial charge in [0, 0.05) is 38.4 Å². The first-order valence-electron chi connectivity index (χ1n) is 8.06. The van der Waals surface area contributed by atoms with Gasteiger partial charge in [-0.05, 0) is 24.0 Å². The van der Waals surface area contributed by atoms with Crippen molar-refractivity contribution < 1.29 is 9.84 Å². The Bertz CT molecular complexity index is 460. The Hall–Kier alpha value is -1.10. The fraction of sp³-hybridized carbons (Fsp3) is 0.647. The zero-order valence-electron chi connectivity index (χ0n) is 12.9. The molecule has 3 rings (SSSR count). The van der Waals surface area contributed by atoms with Crippen LogP contribution in [0.25, 0.3) is 0 Å². The SMILES string of the molecule is C[C@H]1CCN(C[C@@H](O)CN2CCOCC2)c2ccccc21. The van der Waals surface area contributed by atoms with Gasteiger partial charge in [-0.25, -0.2) is 0 Å². The maximum Gasteiger partial charge on any atom is 0.0841 e. The van der Waals surface area contributed by atoms with Crippen LogP contribution in [0, 0.1) is 0 Å². The van der Waals surface area contributed by atoms with Crippen LogP contribution in [0.1, 0.15) is 24.8 Å². The highest BCUT2D eigenvalue weighted by Gasteiger charge is 2.24. The van der Waals surface area contributed by atoms with Crippen LogP contribution in [0.15, 0.2) is 24.3 Å². The molecule has 0 saturated carbocycles. The molecule has 116 valence electrons. The normalized spacial score (nSPS) is 24.7. The van der Waals surface area contributed by atoms with Crippen molar-refractivity contribution in [1.82, 2.24) is 4.90 Å². The van der Waals surface area contributed by atoms with Crippen molar-refractivity contribution in [2.24, 2.45) is 0 Å². The average molecular weight is 290 g/mol. The quantitative estimate of drug-likeness (QED) is 0.915. The van der Waals surface area contributed by atoms with Gasteiger partial charge in [0.05, 0.1) is 19.3 Å². The molecule has 0 unspecified atom stereocenters. The standard InChI is InChI=1S/C17H26N2O2/c1-14-6-7-19(17-5-3-2-4-16(14)17)13-15(20)12-18-8-10-21-11-9-18/h2-5,14-15,20H,6-13H2,1H3/t14-,15-/m0/s1. The first-order chi connectivity index (χ1) is 10.2. The molecule has 4 heteroatoms. The smallest absolute Gasteiger partial charge is 0.0841 e. The summed E-state index contributed by atoms with van der Waals surface area (Å²) in [5, 5.41) is 10.4. The summed E-state index contributed by atoms with van der Waals surface area (Å²) in [5.41, 5.74) is 2.72. The number of fused-ring (bicyclic) bond motifs is 1. The molecule has 0 radical (unpaired) electrons. The summed E-state index contributed by atoms with van der Waals surface area (Å²) in [6, 6.07) is 8.62. The zero-order valence-corrected chi connectivity index (χ0v) is 12.9. The highest BCUT2D eigenvalue weighted by Crippen LogP contribution is 2.34. The summed E-state index contributed by atoms with van der Waals surface area (Å²) >= 11 is 0. The van der Waals surface area contributed by atoms with Gasteiger partial charge in [0.1, 0.15) is 0 Å². The van der Waals surface area contributed by atoms with Gasteiger partial charge >= 0.3 is 0 Å². The molecule has 1 aromatic rings. The van der Waals surface area contributed by atoms with E-state index in [9.17, 15) is 5.11 Å².